The number of benzene rings is 2. The summed E-state index contributed by atoms with van der Waals surface area (Å²) in [5, 5.41) is 0. The molecule has 1 fully saturated rings. The van der Waals surface area contributed by atoms with E-state index in [-0.39, 0.29) is 12.5 Å². The number of nitrogens with zero attached hydrogens (tertiary/aromatic N) is 3. The highest BCUT2D eigenvalue weighted by molar-refractivity contribution is 5.94. The lowest BCUT2D eigenvalue weighted by Gasteiger charge is -2.30. The van der Waals surface area contributed by atoms with Gasteiger partial charge in [0.2, 0.25) is 5.91 Å². The van der Waals surface area contributed by atoms with Crippen LogP contribution in [0, 0.1) is 0 Å². The van der Waals surface area contributed by atoms with Gasteiger partial charge in [0.1, 0.15) is 17.6 Å². The van der Waals surface area contributed by atoms with Crippen molar-refractivity contribution in [3.8, 4) is 5.75 Å². The summed E-state index contributed by atoms with van der Waals surface area (Å²) in [4.78, 5) is 34.9. The predicted molar refractivity (Wildman–Crippen MR) is 146 cm³/mol. The van der Waals surface area contributed by atoms with Gasteiger partial charge < -0.3 is 24.0 Å². The van der Waals surface area contributed by atoms with Gasteiger partial charge in [0.15, 0.2) is 0 Å². The fraction of sp³-hybridized carbons (Fsp3) is 0.300. The normalized spacial score (nSPS) is 14.2. The Morgan fingerprint density at radius 3 is 2.37 bits per heavy atom. The number of amides is 1. The second-order valence-corrected chi connectivity index (χ2v) is 8.93. The molecule has 0 radical (unpaired) electrons. The number of methoxy groups -OCH3 is 2. The standard InChI is InChI=1S/C30H33N3O5/c1-36-26-12-8-23(9-13-26)11-15-29(34)33(27(30(35)37-2)20-24-6-4-3-5-7-24)22-25-10-14-28(31-21-25)32-16-18-38-19-17-32/h3-15,21,27H,16-20,22H2,1-2H3. The first-order valence-electron chi connectivity index (χ1n) is 12.6. The molecular weight excluding hydrogens is 482 g/mol. The lowest BCUT2D eigenvalue weighted by Crippen LogP contribution is -2.46. The molecule has 8 heteroatoms. The molecule has 0 saturated carbocycles. The van der Waals surface area contributed by atoms with Crippen LogP contribution in [0.5, 0.6) is 5.75 Å². The van der Waals surface area contributed by atoms with E-state index >= 15 is 0 Å². The van der Waals surface area contributed by atoms with Crippen molar-refractivity contribution in [2.75, 3.05) is 45.4 Å². The van der Waals surface area contributed by atoms with E-state index in [1.807, 2.05) is 66.7 Å². The summed E-state index contributed by atoms with van der Waals surface area (Å²) in [5.41, 5.74) is 2.59. The summed E-state index contributed by atoms with van der Waals surface area (Å²) < 4.78 is 15.8. The molecule has 0 bridgehead atoms. The summed E-state index contributed by atoms with van der Waals surface area (Å²) in [5.74, 6) is 0.822. The average molecular weight is 516 g/mol. The van der Waals surface area contributed by atoms with Gasteiger partial charge >= 0.3 is 5.97 Å². The van der Waals surface area contributed by atoms with Crippen molar-refractivity contribution in [2.24, 2.45) is 0 Å². The zero-order valence-electron chi connectivity index (χ0n) is 21.8. The smallest absolute Gasteiger partial charge is 0.328 e. The lowest BCUT2D eigenvalue weighted by molar-refractivity contribution is -0.151. The van der Waals surface area contributed by atoms with E-state index in [0.29, 0.717) is 19.6 Å². The summed E-state index contributed by atoms with van der Waals surface area (Å²) >= 11 is 0. The third-order valence-corrected chi connectivity index (χ3v) is 6.44. The van der Waals surface area contributed by atoms with Crippen molar-refractivity contribution in [3.63, 3.8) is 0 Å². The molecule has 0 N–H and O–H groups in total. The van der Waals surface area contributed by atoms with Gasteiger partial charge in [-0.3, -0.25) is 4.79 Å². The third kappa shape index (κ3) is 7.20. The van der Waals surface area contributed by atoms with Crippen LogP contribution in [0.2, 0.25) is 0 Å². The Kier molecular flexibility index (Phi) is 9.48. The van der Waals surface area contributed by atoms with Gasteiger partial charge in [0, 0.05) is 38.3 Å². The number of anilines is 1. The predicted octanol–water partition coefficient (Wildman–Crippen LogP) is 3.75. The van der Waals surface area contributed by atoms with Crippen LogP contribution in [0.4, 0.5) is 5.82 Å². The first-order chi connectivity index (χ1) is 18.6. The number of hydrogen-bond donors (Lipinski definition) is 0. The lowest BCUT2D eigenvalue weighted by atomic mass is 10.0. The fourth-order valence-corrected chi connectivity index (χ4v) is 4.30. The van der Waals surface area contributed by atoms with Crippen LogP contribution in [0.3, 0.4) is 0 Å². The number of carbonyl (C=O) groups is 2. The molecule has 2 heterocycles. The van der Waals surface area contributed by atoms with E-state index in [2.05, 4.69) is 9.88 Å². The van der Waals surface area contributed by atoms with Gasteiger partial charge in [-0.1, -0.05) is 48.5 Å². The number of hydrogen-bond acceptors (Lipinski definition) is 7. The Balaban J connectivity index is 1.59. The monoisotopic (exact) mass is 515 g/mol. The van der Waals surface area contributed by atoms with E-state index in [0.717, 1.165) is 41.3 Å². The maximum atomic E-state index is 13.6. The molecule has 38 heavy (non-hydrogen) atoms. The van der Waals surface area contributed by atoms with Crippen LogP contribution in [-0.4, -0.2) is 68.3 Å². The highest BCUT2D eigenvalue weighted by Gasteiger charge is 2.30. The van der Waals surface area contributed by atoms with Crippen LogP contribution in [0.25, 0.3) is 6.08 Å². The van der Waals surface area contributed by atoms with E-state index in [1.165, 1.54) is 13.2 Å². The molecule has 0 aliphatic carbocycles. The van der Waals surface area contributed by atoms with Crippen molar-refractivity contribution in [1.82, 2.24) is 9.88 Å². The SMILES string of the molecule is COC(=O)C(Cc1ccccc1)N(Cc1ccc(N2CCOCC2)nc1)C(=O)C=Cc1ccc(OC)cc1. The highest BCUT2D eigenvalue weighted by Crippen LogP contribution is 2.19. The zero-order valence-corrected chi connectivity index (χ0v) is 21.8. The number of esters is 1. The minimum atomic E-state index is -0.811. The number of pyridine rings is 1. The molecule has 1 atom stereocenters. The number of ether oxygens (including phenoxy) is 3. The topological polar surface area (TPSA) is 81.2 Å². The third-order valence-electron chi connectivity index (χ3n) is 6.44. The summed E-state index contributed by atoms with van der Waals surface area (Å²) in [6, 6.07) is 20.1. The number of morpholine rings is 1. The Hall–Kier alpha value is -4.17. The van der Waals surface area contributed by atoms with Gasteiger partial charge in [0.25, 0.3) is 0 Å². The molecule has 8 nitrogen and oxygen atoms in total. The van der Waals surface area contributed by atoms with E-state index < -0.39 is 12.0 Å². The first kappa shape index (κ1) is 26.9. The molecule has 1 aliphatic rings. The van der Waals surface area contributed by atoms with Crippen LogP contribution >= 0.6 is 0 Å². The van der Waals surface area contributed by atoms with Gasteiger partial charge in [-0.25, -0.2) is 9.78 Å². The van der Waals surface area contributed by atoms with Crippen molar-refractivity contribution in [2.45, 2.75) is 19.0 Å². The molecule has 1 unspecified atom stereocenters. The number of rotatable bonds is 10. The fourth-order valence-electron chi connectivity index (χ4n) is 4.30. The first-order valence-corrected chi connectivity index (χ1v) is 12.6. The van der Waals surface area contributed by atoms with Crippen molar-refractivity contribution in [3.05, 3.63) is 95.7 Å². The van der Waals surface area contributed by atoms with Crippen molar-refractivity contribution in [1.29, 1.82) is 0 Å². The molecule has 1 aliphatic heterocycles. The van der Waals surface area contributed by atoms with Crippen LogP contribution < -0.4 is 9.64 Å². The molecule has 2 aromatic carbocycles. The number of aromatic nitrogens is 1. The van der Waals surface area contributed by atoms with Crippen molar-refractivity contribution >= 4 is 23.8 Å². The molecule has 4 rings (SSSR count). The van der Waals surface area contributed by atoms with E-state index in [4.69, 9.17) is 14.2 Å². The average Bonchev–Trinajstić information content (AvgIpc) is 2.98. The quantitative estimate of drug-likeness (QED) is 0.300. The summed E-state index contributed by atoms with van der Waals surface area (Å²) in [6.07, 6.45) is 5.30. The second kappa shape index (κ2) is 13.4. The molecule has 1 amide bonds. The highest BCUT2D eigenvalue weighted by atomic mass is 16.5. The Morgan fingerprint density at radius 1 is 1.00 bits per heavy atom. The molecule has 3 aromatic rings. The molecular formula is C30H33N3O5. The maximum Gasteiger partial charge on any atom is 0.328 e. The maximum absolute atomic E-state index is 13.6. The van der Waals surface area contributed by atoms with Crippen LogP contribution in [0.15, 0.2) is 79.0 Å². The van der Waals surface area contributed by atoms with Gasteiger partial charge in [0.05, 0.1) is 27.4 Å². The molecule has 1 aromatic heterocycles. The Morgan fingerprint density at radius 2 is 1.74 bits per heavy atom. The summed E-state index contributed by atoms with van der Waals surface area (Å²) in [6.45, 7) is 3.12. The number of carbonyl (C=O) groups excluding carboxylic acids is 2. The van der Waals surface area contributed by atoms with Crippen LogP contribution in [0.1, 0.15) is 16.7 Å². The molecule has 198 valence electrons. The zero-order chi connectivity index (χ0) is 26.7. The van der Waals surface area contributed by atoms with Gasteiger partial charge in [-0.15, -0.1) is 0 Å². The summed E-state index contributed by atoms with van der Waals surface area (Å²) in [7, 11) is 2.95. The van der Waals surface area contributed by atoms with Gasteiger partial charge in [-0.05, 0) is 41.0 Å². The van der Waals surface area contributed by atoms with E-state index in [1.54, 1.807) is 24.3 Å². The largest absolute Gasteiger partial charge is 0.497 e. The Bertz CT molecular complexity index is 1210. The Labute approximate surface area is 223 Å². The minimum Gasteiger partial charge on any atom is -0.497 e. The minimum absolute atomic E-state index is 0.203. The molecule has 0 spiro atoms. The van der Waals surface area contributed by atoms with Gasteiger partial charge in [-0.2, -0.15) is 0 Å². The molecule has 1 saturated heterocycles. The second-order valence-electron chi connectivity index (χ2n) is 8.93. The van der Waals surface area contributed by atoms with Crippen molar-refractivity contribution < 1.29 is 23.8 Å². The van der Waals surface area contributed by atoms with E-state index in [9.17, 15) is 9.59 Å². The van der Waals surface area contributed by atoms with Crippen LogP contribution in [-0.2, 0) is 32.0 Å².